The number of rotatable bonds is 1. The third-order valence-electron chi connectivity index (χ3n) is 3.29. The lowest BCUT2D eigenvalue weighted by Gasteiger charge is -2.50. The number of halogens is 1. The van der Waals surface area contributed by atoms with Gasteiger partial charge in [-0.25, -0.2) is 0 Å². The van der Waals surface area contributed by atoms with Crippen LogP contribution in [0.15, 0.2) is 15.2 Å². The van der Waals surface area contributed by atoms with Gasteiger partial charge in [0.2, 0.25) is 5.76 Å². The molecule has 2 atom stereocenters. The largest absolute Gasteiger partial charge is 0.350 e. The van der Waals surface area contributed by atoms with Gasteiger partial charge >= 0.3 is 0 Å². The van der Waals surface area contributed by atoms with Gasteiger partial charge in [-0.2, -0.15) is 0 Å². The number of piperidine rings is 1. The van der Waals surface area contributed by atoms with Crippen LogP contribution >= 0.6 is 15.9 Å². The van der Waals surface area contributed by atoms with E-state index < -0.39 is 0 Å². The summed E-state index contributed by atoms with van der Waals surface area (Å²) < 4.78 is 5.52. The minimum Gasteiger partial charge on any atom is -0.350 e. The van der Waals surface area contributed by atoms with Gasteiger partial charge in [-0.05, 0) is 35.3 Å². The first-order valence-corrected chi connectivity index (χ1v) is 6.21. The number of hydrogen-bond acceptors (Lipinski definition) is 4. The molecule has 0 aliphatic carbocycles. The van der Waals surface area contributed by atoms with Crippen LogP contribution < -0.4 is 5.32 Å². The Morgan fingerprint density at radius 1 is 1.69 bits per heavy atom. The molecule has 0 radical (unpaired) electrons. The molecule has 86 valence electrons. The second kappa shape index (κ2) is 3.85. The van der Waals surface area contributed by atoms with Gasteiger partial charge in [0.25, 0.3) is 5.91 Å². The number of fused-ring (bicyclic) bond motifs is 1. The van der Waals surface area contributed by atoms with Gasteiger partial charge in [0.1, 0.15) is 4.60 Å². The lowest BCUT2D eigenvalue weighted by Crippen LogP contribution is -2.69. The van der Waals surface area contributed by atoms with Crippen LogP contribution in [0.1, 0.15) is 23.4 Å². The second-order valence-corrected chi connectivity index (χ2v) is 5.05. The van der Waals surface area contributed by atoms with Gasteiger partial charge in [0, 0.05) is 24.7 Å². The molecule has 1 aromatic heterocycles. The first-order valence-electron chi connectivity index (χ1n) is 5.42. The average Bonchev–Trinajstić information content (AvgIpc) is 2.67. The highest BCUT2D eigenvalue weighted by atomic mass is 79.9. The number of nitrogens with one attached hydrogen (secondary N) is 1. The number of amides is 1. The zero-order valence-corrected chi connectivity index (χ0v) is 10.2. The average molecular weight is 286 g/mol. The molecule has 0 spiro atoms. The molecular formula is C10H12BrN3O2. The quantitative estimate of drug-likeness (QED) is 0.837. The zero-order chi connectivity index (χ0) is 11.1. The van der Waals surface area contributed by atoms with Gasteiger partial charge in [-0.15, -0.1) is 0 Å². The summed E-state index contributed by atoms with van der Waals surface area (Å²) in [5.74, 6) is 0.263. The topological polar surface area (TPSA) is 58.4 Å². The smallest absolute Gasteiger partial charge is 0.292 e. The summed E-state index contributed by atoms with van der Waals surface area (Å²) >= 11 is 3.17. The summed E-state index contributed by atoms with van der Waals surface area (Å²) in [6, 6.07) is 2.43. The summed E-state index contributed by atoms with van der Waals surface area (Å²) in [6.07, 6.45) is 2.21. The molecule has 1 aromatic rings. The number of hydrogen-bond donors (Lipinski definition) is 1. The van der Waals surface area contributed by atoms with Crippen LogP contribution in [0.4, 0.5) is 0 Å². The number of aromatic nitrogens is 1. The van der Waals surface area contributed by atoms with E-state index in [1.807, 2.05) is 4.90 Å². The molecule has 2 aliphatic heterocycles. The van der Waals surface area contributed by atoms with Crippen LogP contribution in [-0.2, 0) is 0 Å². The molecule has 3 rings (SSSR count). The summed E-state index contributed by atoms with van der Waals surface area (Å²) in [5.41, 5.74) is 0. The molecular weight excluding hydrogens is 274 g/mol. The van der Waals surface area contributed by atoms with Crippen LogP contribution in [-0.4, -0.2) is 41.1 Å². The van der Waals surface area contributed by atoms with E-state index in [-0.39, 0.29) is 5.91 Å². The number of likely N-dealkylation sites (tertiary alicyclic amines) is 1. The van der Waals surface area contributed by atoms with E-state index in [2.05, 4.69) is 26.4 Å². The van der Waals surface area contributed by atoms with Crippen LogP contribution in [0.5, 0.6) is 0 Å². The molecule has 6 heteroatoms. The Bertz CT molecular complexity index is 420. The molecule has 3 heterocycles. The van der Waals surface area contributed by atoms with Crippen molar-refractivity contribution in [1.29, 1.82) is 0 Å². The summed E-state index contributed by atoms with van der Waals surface area (Å²) in [7, 11) is 0. The van der Waals surface area contributed by atoms with E-state index in [4.69, 9.17) is 4.52 Å². The number of nitrogens with zero attached hydrogens (tertiary/aromatic N) is 2. The van der Waals surface area contributed by atoms with E-state index in [1.165, 1.54) is 0 Å². The molecule has 2 fully saturated rings. The fourth-order valence-electron chi connectivity index (χ4n) is 2.43. The molecule has 0 aromatic carbocycles. The predicted octanol–water partition coefficient (Wildman–Crippen LogP) is 1.01. The molecule has 5 nitrogen and oxygen atoms in total. The monoisotopic (exact) mass is 285 g/mol. The highest BCUT2D eigenvalue weighted by Crippen LogP contribution is 2.27. The fraction of sp³-hybridized carbons (Fsp3) is 0.600. The standard InChI is InChI=1S/C10H12BrN3O2/c11-9-4-8(16-13-9)10(15)14-5-6-7(14)2-1-3-12-6/h4,6-7,12H,1-3,5H2. The normalized spacial score (nSPS) is 28.4. The minimum atomic E-state index is -0.0526. The third-order valence-corrected chi connectivity index (χ3v) is 3.67. The van der Waals surface area contributed by atoms with Gasteiger partial charge < -0.3 is 14.7 Å². The van der Waals surface area contributed by atoms with Crippen LogP contribution in [0.3, 0.4) is 0 Å². The molecule has 1 amide bonds. The van der Waals surface area contributed by atoms with Gasteiger partial charge in [0.05, 0.1) is 0 Å². The fourth-order valence-corrected chi connectivity index (χ4v) is 2.71. The molecule has 2 unspecified atom stereocenters. The van der Waals surface area contributed by atoms with E-state index in [9.17, 15) is 4.79 Å². The van der Waals surface area contributed by atoms with Crippen molar-refractivity contribution in [2.24, 2.45) is 0 Å². The first kappa shape index (κ1) is 10.3. The Kier molecular flexibility index (Phi) is 2.48. The summed E-state index contributed by atoms with van der Waals surface area (Å²) in [6.45, 7) is 1.85. The van der Waals surface area contributed by atoms with Gasteiger partial charge in [0.15, 0.2) is 0 Å². The molecule has 16 heavy (non-hydrogen) atoms. The van der Waals surface area contributed by atoms with Crippen LogP contribution in [0.2, 0.25) is 0 Å². The number of carbonyl (C=O) groups excluding carboxylic acids is 1. The highest BCUT2D eigenvalue weighted by Gasteiger charge is 2.43. The third kappa shape index (κ3) is 1.56. The zero-order valence-electron chi connectivity index (χ0n) is 8.65. The van der Waals surface area contributed by atoms with E-state index in [1.54, 1.807) is 6.07 Å². The van der Waals surface area contributed by atoms with Crippen molar-refractivity contribution in [1.82, 2.24) is 15.4 Å². The molecule has 2 aliphatic rings. The SMILES string of the molecule is O=C(c1cc(Br)no1)N1CC2NCCCC21. The maximum Gasteiger partial charge on any atom is 0.292 e. The second-order valence-electron chi connectivity index (χ2n) is 4.24. The Balaban J connectivity index is 1.72. The van der Waals surface area contributed by atoms with Crippen molar-refractivity contribution in [3.8, 4) is 0 Å². The van der Waals surface area contributed by atoms with Crippen molar-refractivity contribution in [2.75, 3.05) is 13.1 Å². The van der Waals surface area contributed by atoms with E-state index in [0.29, 0.717) is 22.4 Å². The minimum absolute atomic E-state index is 0.0526. The maximum atomic E-state index is 12.0. The molecule has 2 saturated heterocycles. The van der Waals surface area contributed by atoms with Crippen molar-refractivity contribution >= 4 is 21.8 Å². The number of carbonyl (C=O) groups is 1. The lowest BCUT2D eigenvalue weighted by atomic mass is 9.88. The van der Waals surface area contributed by atoms with Crippen molar-refractivity contribution in [2.45, 2.75) is 24.9 Å². The van der Waals surface area contributed by atoms with Gasteiger partial charge in [-0.3, -0.25) is 4.79 Å². The van der Waals surface area contributed by atoms with E-state index in [0.717, 1.165) is 25.9 Å². The molecule has 1 N–H and O–H groups in total. The van der Waals surface area contributed by atoms with Crippen molar-refractivity contribution < 1.29 is 9.32 Å². The van der Waals surface area contributed by atoms with Gasteiger partial charge in [-0.1, -0.05) is 5.16 Å². The summed E-state index contributed by atoms with van der Waals surface area (Å²) in [5, 5.41) is 7.07. The first-order chi connectivity index (χ1) is 7.75. The maximum absolute atomic E-state index is 12.0. The highest BCUT2D eigenvalue weighted by molar-refractivity contribution is 9.10. The predicted molar refractivity (Wildman–Crippen MR) is 60.1 cm³/mol. The van der Waals surface area contributed by atoms with E-state index >= 15 is 0 Å². The molecule has 0 bridgehead atoms. The Hall–Kier alpha value is -0.880. The van der Waals surface area contributed by atoms with Crippen molar-refractivity contribution in [3.63, 3.8) is 0 Å². The Morgan fingerprint density at radius 2 is 2.56 bits per heavy atom. The van der Waals surface area contributed by atoms with Crippen LogP contribution in [0.25, 0.3) is 0 Å². The Labute approximate surface area is 101 Å². The molecule has 0 saturated carbocycles. The summed E-state index contributed by atoms with van der Waals surface area (Å²) in [4.78, 5) is 13.9. The van der Waals surface area contributed by atoms with Crippen LogP contribution in [0, 0.1) is 0 Å². The Morgan fingerprint density at radius 3 is 3.25 bits per heavy atom. The van der Waals surface area contributed by atoms with Crippen molar-refractivity contribution in [3.05, 3.63) is 16.4 Å². The lowest BCUT2D eigenvalue weighted by molar-refractivity contribution is 0.0141.